The van der Waals surface area contributed by atoms with E-state index in [0.29, 0.717) is 0 Å². The van der Waals surface area contributed by atoms with Gasteiger partial charge in [-0.05, 0) is 28.8 Å². The average Bonchev–Trinajstić information content (AvgIpc) is 2.83. The van der Waals surface area contributed by atoms with Gasteiger partial charge in [0.05, 0.1) is 6.26 Å². The van der Waals surface area contributed by atoms with Gasteiger partial charge in [-0.15, -0.1) is 0 Å². The van der Waals surface area contributed by atoms with E-state index in [1.807, 2.05) is 24.3 Å². The first-order valence-corrected chi connectivity index (χ1v) is 7.71. The van der Waals surface area contributed by atoms with E-state index in [1.54, 1.807) is 6.26 Å². The van der Waals surface area contributed by atoms with Crippen molar-refractivity contribution < 1.29 is 4.74 Å². The average molecular weight is 296 g/mol. The summed E-state index contributed by atoms with van der Waals surface area (Å²) in [5, 5.41) is 0. The van der Waals surface area contributed by atoms with Crippen LogP contribution in [0.5, 0.6) is 5.75 Å². The van der Waals surface area contributed by atoms with Crippen molar-refractivity contribution in [2.24, 2.45) is 0 Å². The standard InChI is InChI=1S/C22H16O/c1-3-9-17(10-4-1)19-15-16-23-21-14-8-7-13-20(21)22(19)18-11-5-2-6-12-18/h1-16H. The van der Waals surface area contributed by atoms with E-state index in [1.165, 1.54) is 22.3 Å². The molecular formula is C22H16O. The number of para-hydroxylation sites is 1. The lowest BCUT2D eigenvalue weighted by Crippen LogP contribution is -1.93. The van der Waals surface area contributed by atoms with E-state index >= 15 is 0 Å². The molecule has 4 rings (SSSR count). The van der Waals surface area contributed by atoms with Crippen molar-refractivity contribution in [1.29, 1.82) is 0 Å². The van der Waals surface area contributed by atoms with Gasteiger partial charge in [0.2, 0.25) is 0 Å². The lowest BCUT2D eigenvalue weighted by atomic mass is 9.89. The number of hydrogen-bond acceptors (Lipinski definition) is 1. The van der Waals surface area contributed by atoms with Crippen LogP contribution in [-0.2, 0) is 0 Å². The maximum atomic E-state index is 5.83. The molecule has 0 fully saturated rings. The molecule has 0 aromatic heterocycles. The molecule has 110 valence electrons. The number of hydrogen-bond donors (Lipinski definition) is 0. The second kappa shape index (κ2) is 5.98. The van der Waals surface area contributed by atoms with Gasteiger partial charge in [-0.1, -0.05) is 78.9 Å². The molecule has 1 aliphatic rings. The third-order valence-corrected chi connectivity index (χ3v) is 4.00. The zero-order chi connectivity index (χ0) is 15.5. The van der Waals surface area contributed by atoms with Crippen molar-refractivity contribution in [2.45, 2.75) is 0 Å². The van der Waals surface area contributed by atoms with Gasteiger partial charge < -0.3 is 4.74 Å². The summed E-state index contributed by atoms with van der Waals surface area (Å²) in [7, 11) is 0. The number of rotatable bonds is 2. The second-order valence-corrected chi connectivity index (χ2v) is 5.44. The molecule has 0 aliphatic carbocycles. The van der Waals surface area contributed by atoms with Crippen LogP contribution in [0, 0.1) is 0 Å². The molecule has 3 aromatic rings. The van der Waals surface area contributed by atoms with Gasteiger partial charge in [0, 0.05) is 11.1 Å². The van der Waals surface area contributed by atoms with Crippen LogP contribution < -0.4 is 4.74 Å². The van der Waals surface area contributed by atoms with Crippen molar-refractivity contribution >= 4 is 11.1 Å². The van der Waals surface area contributed by atoms with Crippen molar-refractivity contribution in [3.8, 4) is 5.75 Å². The Kier molecular flexibility index (Phi) is 3.53. The van der Waals surface area contributed by atoms with Gasteiger partial charge in [-0.3, -0.25) is 0 Å². The van der Waals surface area contributed by atoms with Gasteiger partial charge in [-0.25, -0.2) is 0 Å². The molecule has 1 aliphatic heterocycles. The van der Waals surface area contributed by atoms with E-state index in [-0.39, 0.29) is 0 Å². The molecule has 0 saturated carbocycles. The van der Waals surface area contributed by atoms with E-state index in [4.69, 9.17) is 4.74 Å². The quantitative estimate of drug-likeness (QED) is 0.602. The molecule has 1 heteroatoms. The van der Waals surface area contributed by atoms with Crippen molar-refractivity contribution in [3.63, 3.8) is 0 Å². The summed E-state index contributed by atoms with van der Waals surface area (Å²) in [6, 6.07) is 29.1. The summed E-state index contributed by atoms with van der Waals surface area (Å²) in [5.41, 5.74) is 5.85. The highest BCUT2D eigenvalue weighted by molar-refractivity contribution is 6.03. The molecule has 0 saturated heterocycles. The van der Waals surface area contributed by atoms with E-state index in [2.05, 4.69) is 66.7 Å². The highest BCUT2D eigenvalue weighted by Crippen LogP contribution is 2.39. The predicted molar refractivity (Wildman–Crippen MR) is 95.0 cm³/mol. The van der Waals surface area contributed by atoms with Crippen molar-refractivity contribution in [3.05, 3.63) is 114 Å². The first kappa shape index (κ1) is 13.6. The molecule has 1 nitrogen and oxygen atoms in total. The monoisotopic (exact) mass is 296 g/mol. The fourth-order valence-electron chi connectivity index (χ4n) is 2.95. The maximum Gasteiger partial charge on any atom is 0.134 e. The van der Waals surface area contributed by atoms with Crippen molar-refractivity contribution in [1.82, 2.24) is 0 Å². The minimum atomic E-state index is 0.883. The molecule has 0 atom stereocenters. The lowest BCUT2D eigenvalue weighted by molar-refractivity contribution is 0.481. The number of ether oxygens (including phenoxy) is 1. The number of fused-ring (bicyclic) bond motifs is 1. The summed E-state index contributed by atoms with van der Waals surface area (Å²) in [6.45, 7) is 0. The summed E-state index contributed by atoms with van der Waals surface area (Å²) < 4.78 is 5.83. The van der Waals surface area contributed by atoms with Crippen LogP contribution in [0.3, 0.4) is 0 Å². The fraction of sp³-hybridized carbons (Fsp3) is 0. The molecule has 0 radical (unpaired) electrons. The molecule has 3 aromatic carbocycles. The lowest BCUT2D eigenvalue weighted by Gasteiger charge is -2.14. The number of allylic oxidation sites excluding steroid dienone is 2. The highest BCUT2D eigenvalue weighted by atomic mass is 16.5. The Labute approximate surface area is 136 Å². The zero-order valence-corrected chi connectivity index (χ0v) is 12.6. The molecule has 0 N–H and O–H groups in total. The largest absolute Gasteiger partial charge is 0.464 e. The Bertz CT molecular complexity index is 874. The summed E-state index contributed by atoms with van der Waals surface area (Å²) in [5.74, 6) is 0.883. The Balaban J connectivity index is 2.05. The third-order valence-electron chi connectivity index (χ3n) is 4.00. The van der Waals surface area contributed by atoms with Crippen LogP contribution in [0.1, 0.15) is 16.7 Å². The van der Waals surface area contributed by atoms with E-state index < -0.39 is 0 Å². The third kappa shape index (κ3) is 2.58. The maximum absolute atomic E-state index is 5.83. The predicted octanol–water partition coefficient (Wildman–Crippen LogP) is 5.55. The molecule has 0 spiro atoms. The minimum absolute atomic E-state index is 0.883. The molecule has 23 heavy (non-hydrogen) atoms. The zero-order valence-electron chi connectivity index (χ0n) is 12.6. The molecular weight excluding hydrogens is 280 g/mol. The van der Waals surface area contributed by atoms with Crippen LogP contribution >= 0.6 is 0 Å². The van der Waals surface area contributed by atoms with Gasteiger partial charge >= 0.3 is 0 Å². The molecule has 0 unspecified atom stereocenters. The van der Waals surface area contributed by atoms with Crippen molar-refractivity contribution in [2.75, 3.05) is 0 Å². The first-order chi connectivity index (χ1) is 11.4. The summed E-state index contributed by atoms with van der Waals surface area (Å²) in [4.78, 5) is 0. The van der Waals surface area contributed by atoms with Crippen LogP contribution in [0.25, 0.3) is 11.1 Å². The Morgan fingerprint density at radius 3 is 1.91 bits per heavy atom. The van der Waals surface area contributed by atoms with Crippen LogP contribution in [0.2, 0.25) is 0 Å². The summed E-state index contributed by atoms with van der Waals surface area (Å²) >= 11 is 0. The topological polar surface area (TPSA) is 9.23 Å². The van der Waals surface area contributed by atoms with Gasteiger partial charge in [0.25, 0.3) is 0 Å². The van der Waals surface area contributed by atoms with E-state index in [9.17, 15) is 0 Å². The molecule has 1 heterocycles. The number of benzene rings is 3. The van der Waals surface area contributed by atoms with Gasteiger partial charge in [0.15, 0.2) is 0 Å². The first-order valence-electron chi connectivity index (χ1n) is 7.71. The Morgan fingerprint density at radius 1 is 0.565 bits per heavy atom. The van der Waals surface area contributed by atoms with E-state index in [0.717, 1.165) is 11.3 Å². The van der Waals surface area contributed by atoms with Crippen LogP contribution in [0.4, 0.5) is 0 Å². The SMILES string of the molecule is C1=CC(c2ccccc2)=C(c2ccccc2)c2ccccc2O1. The minimum Gasteiger partial charge on any atom is -0.464 e. The van der Waals surface area contributed by atoms with Crippen LogP contribution in [0.15, 0.2) is 97.3 Å². The van der Waals surface area contributed by atoms with Gasteiger partial charge in [-0.2, -0.15) is 0 Å². The Hall–Kier alpha value is -3.06. The molecule has 0 amide bonds. The molecule has 0 bridgehead atoms. The Morgan fingerprint density at radius 2 is 1.17 bits per heavy atom. The fourth-order valence-corrected chi connectivity index (χ4v) is 2.95. The van der Waals surface area contributed by atoms with Crippen LogP contribution in [-0.4, -0.2) is 0 Å². The summed E-state index contributed by atoms with van der Waals surface area (Å²) in [6.07, 6.45) is 3.83. The second-order valence-electron chi connectivity index (χ2n) is 5.44. The smallest absolute Gasteiger partial charge is 0.134 e. The normalized spacial score (nSPS) is 13.2. The van der Waals surface area contributed by atoms with Gasteiger partial charge in [0.1, 0.15) is 5.75 Å². The highest BCUT2D eigenvalue weighted by Gasteiger charge is 2.17.